The van der Waals surface area contributed by atoms with Gasteiger partial charge in [-0.3, -0.25) is 10.2 Å². The van der Waals surface area contributed by atoms with Gasteiger partial charge in [-0.2, -0.15) is 4.39 Å². The van der Waals surface area contributed by atoms with Gasteiger partial charge in [-0.25, -0.2) is 31.7 Å². The van der Waals surface area contributed by atoms with E-state index >= 15 is 0 Å². The van der Waals surface area contributed by atoms with Crippen LogP contribution >= 0.6 is 11.3 Å². The summed E-state index contributed by atoms with van der Waals surface area (Å²) in [5.41, 5.74) is 0.291. The lowest BCUT2D eigenvalue weighted by Crippen LogP contribution is -2.31. The van der Waals surface area contributed by atoms with Gasteiger partial charge in [0, 0.05) is 24.9 Å². The summed E-state index contributed by atoms with van der Waals surface area (Å²) in [7, 11) is -1.01. The van der Waals surface area contributed by atoms with Crippen LogP contribution in [0.15, 0.2) is 47.5 Å². The summed E-state index contributed by atoms with van der Waals surface area (Å²) in [6.07, 6.45) is 1.14. The Morgan fingerprint density at radius 3 is 2.65 bits per heavy atom. The molecule has 0 radical (unpaired) electrons. The highest BCUT2D eigenvalue weighted by Gasteiger charge is 2.18. The van der Waals surface area contributed by atoms with Crippen molar-refractivity contribution in [1.29, 1.82) is 0 Å². The minimum atomic E-state index is -3.69. The summed E-state index contributed by atoms with van der Waals surface area (Å²) in [4.78, 5) is 17.5. The van der Waals surface area contributed by atoms with Crippen molar-refractivity contribution in [3.63, 3.8) is 0 Å². The molecule has 0 aliphatic carbocycles. The fourth-order valence-corrected chi connectivity index (χ4v) is 3.79. The first-order chi connectivity index (χ1) is 14.6. The molecule has 2 amide bonds. The molecule has 164 valence electrons. The monoisotopic (exact) mass is 472 g/mol. The minimum absolute atomic E-state index is 0.0241. The molecule has 3 rings (SSSR count). The molecule has 31 heavy (non-hydrogen) atoms. The number of ether oxygens (including phenoxy) is 1. The summed E-state index contributed by atoms with van der Waals surface area (Å²) in [6, 6.07) is 6.10. The van der Waals surface area contributed by atoms with Gasteiger partial charge in [-0.1, -0.05) is 17.4 Å². The molecule has 0 saturated heterocycles. The number of nitrogens with one attached hydrogen (secondary N) is 2. The van der Waals surface area contributed by atoms with Crippen molar-refractivity contribution in [3.8, 4) is 10.8 Å². The van der Waals surface area contributed by atoms with Gasteiger partial charge in [0.25, 0.3) is 0 Å². The molecule has 13 heteroatoms. The molecule has 0 bridgehead atoms. The number of sulfonamides is 1. The summed E-state index contributed by atoms with van der Waals surface area (Å²) in [6.45, 7) is 0. The summed E-state index contributed by atoms with van der Waals surface area (Å²) in [5, 5.41) is 2.50. The Labute approximate surface area is 179 Å². The number of halogens is 3. The molecule has 1 heterocycles. The number of amides is 2. The SMILES string of the molecule is CNS(=O)(=O)c1cccc(N(C)C(=O)Nc2ncc(Oc3cc(F)cc(F)c3F)s2)c1. The molecule has 0 unspecified atom stereocenters. The van der Waals surface area contributed by atoms with E-state index in [1.165, 1.54) is 38.4 Å². The van der Waals surface area contributed by atoms with E-state index in [-0.39, 0.29) is 15.1 Å². The summed E-state index contributed by atoms with van der Waals surface area (Å²) < 4.78 is 71.4. The van der Waals surface area contributed by atoms with E-state index in [4.69, 9.17) is 4.74 Å². The highest BCUT2D eigenvalue weighted by atomic mass is 32.2. The molecule has 8 nitrogen and oxygen atoms in total. The molecule has 2 aromatic carbocycles. The second kappa shape index (κ2) is 8.91. The van der Waals surface area contributed by atoms with Crippen molar-refractivity contribution in [3.05, 3.63) is 60.0 Å². The van der Waals surface area contributed by atoms with Crippen molar-refractivity contribution >= 4 is 38.2 Å². The maximum atomic E-state index is 13.7. The molecule has 1 aromatic heterocycles. The summed E-state index contributed by atoms with van der Waals surface area (Å²) >= 11 is 0.791. The number of hydrogen-bond donors (Lipinski definition) is 2. The Kier molecular flexibility index (Phi) is 6.48. The quantitative estimate of drug-likeness (QED) is 0.530. The molecular weight excluding hydrogens is 457 g/mol. The summed E-state index contributed by atoms with van der Waals surface area (Å²) in [5.74, 6) is -4.46. The van der Waals surface area contributed by atoms with Crippen molar-refractivity contribution in [2.45, 2.75) is 4.90 Å². The van der Waals surface area contributed by atoms with Gasteiger partial charge in [0.15, 0.2) is 16.7 Å². The zero-order chi connectivity index (χ0) is 22.8. The highest BCUT2D eigenvalue weighted by Crippen LogP contribution is 2.33. The Balaban J connectivity index is 1.72. The number of urea groups is 1. The van der Waals surface area contributed by atoms with Crippen LogP contribution in [0.1, 0.15) is 0 Å². The predicted octanol–water partition coefficient (Wildman–Crippen LogP) is 3.93. The average Bonchev–Trinajstić information content (AvgIpc) is 3.17. The van der Waals surface area contributed by atoms with Crippen LogP contribution in [0.5, 0.6) is 10.8 Å². The minimum Gasteiger partial charge on any atom is -0.442 e. The van der Waals surface area contributed by atoms with Crippen molar-refractivity contribution < 1.29 is 31.1 Å². The van der Waals surface area contributed by atoms with Gasteiger partial charge in [-0.15, -0.1) is 0 Å². The van der Waals surface area contributed by atoms with Gasteiger partial charge in [0.2, 0.25) is 20.9 Å². The van der Waals surface area contributed by atoms with Crippen LogP contribution in [-0.2, 0) is 10.0 Å². The average molecular weight is 472 g/mol. The van der Waals surface area contributed by atoms with E-state index in [1.54, 1.807) is 0 Å². The Morgan fingerprint density at radius 2 is 1.94 bits per heavy atom. The lowest BCUT2D eigenvalue weighted by atomic mass is 10.3. The van der Waals surface area contributed by atoms with Crippen LogP contribution in [0.2, 0.25) is 0 Å². The van der Waals surface area contributed by atoms with Gasteiger partial charge in [0.05, 0.1) is 11.1 Å². The first-order valence-corrected chi connectivity index (χ1v) is 10.8. The van der Waals surface area contributed by atoms with E-state index < -0.39 is 39.3 Å². The van der Waals surface area contributed by atoms with Crippen LogP contribution in [0, 0.1) is 17.5 Å². The number of thiazole rings is 1. The van der Waals surface area contributed by atoms with Gasteiger partial charge >= 0.3 is 6.03 Å². The van der Waals surface area contributed by atoms with Crippen molar-refractivity contribution in [1.82, 2.24) is 9.71 Å². The van der Waals surface area contributed by atoms with Crippen molar-refractivity contribution in [2.75, 3.05) is 24.3 Å². The molecular formula is C18H15F3N4O4S2. The van der Waals surface area contributed by atoms with Crippen LogP contribution < -0.4 is 19.7 Å². The topological polar surface area (TPSA) is 101 Å². The van der Waals surface area contributed by atoms with Gasteiger partial charge in [0.1, 0.15) is 5.82 Å². The molecule has 0 aliphatic rings. The lowest BCUT2D eigenvalue weighted by molar-refractivity contribution is 0.258. The zero-order valence-corrected chi connectivity index (χ0v) is 17.7. The van der Waals surface area contributed by atoms with Crippen molar-refractivity contribution in [2.24, 2.45) is 0 Å². The number of anilines is 2. The third-order valence-electron chi connectivity index (χ3n) is 3.96. The Morgan fingerprint density at radius 1 is 1.19 bits per heavy atom. The van der Waals surface area contributed by atoms with Crippen LogP contribution in [0.25, 0.3) is 0 Å². The maximum absolute atomic E-state index is 13.7. The molecule has 2 N–H and O–H groups in total. The first kappa shape index (κ1) is 22.5. The van der Waals surface area contributed by atoms with Crippen LogP contribution in [0.3, 0.4) is 0 Å². The third kappa shape index (κ3) is 5.13. The molecule has 0 atom stereocenters. The van der Waals surface area contributed by atoms with Gasteiger partial charge < -0.3 is 4.74 Å². The van der Waals surface area contributed by atoms with E-state index in [0.717, 1.165) is 22.4 Å². The second-order valence-corrected chi connectivity index (χ2v) is 8.86. The first-order valence-electron chi connectivity index (χ1n) is 8.47. The highest BCUT2D eigenvalue weighted by molar-refractivity contribution is 7.89. The normalized spacial score (nSPS) is 11.3. The predicted molar refractivity (Wildman–Crippen MR) is 109 cm³/mol. The molecule has 0 saturated carbocycles. The van der Waals surface area contributed by atoms with Crippen LogP contribution in [0.4, 0.5) is 28.8 Å². The Hall–Kier alpha value is -3.16. The van der Waals surface area contributed by atoms with E-state index in [2.05, 4.69) is 15.0 Å². The van der Waals surface area contributed by atoms with E-state index in [0.29, 0.717) is 17.8 Å². The van der Waals surface area contributed by atoms with E-state index in [9.17, 15) is 26.4 Å². The molecule has 3 aromatic rings. The standard InChI is InChI=1S/C18H15F3N4O4S2/c1-22-31(27,28)12-5-3-4-11(8-12)25(2)18(26)24-17-23-9-15(30-17)29-14-7-10(19)6-13(20)16(14)21/h3-9,22H,1-2H3,(H,23,24,26). The zero-order valence-electron chi connectivity index (χ0n) is 16.0. The lowest BCUT2D eigenvalue weighted by Gasteiger charge is -2.18. The number of nitrogens with zero attached hydrogens (tertiary/aromatic N) is 2. The number of hydrogen-bond acceptors (Lipinski definition) is 6. The van der Waals surface area contributed by atoms with Crippen LogP contribution in [-0.4, -0.2) is 33.5 Å². The largest absolute Gasteiger partial charge is 0.442 e. The Bertz CT molecular complexity index is 1230. The molecule has 0 fully saturated rings. The molecule has 0 spiro atoms. The number of benzene rings is 2. The maximum Gasteiger partial charge on any atom is 0.327 e. The number of rotatable bonds is 6. The molecule has 0 aliphatic heterocycles. The van der Waals surface area contributed by atoms with E-state index in [1.807, 2.05) is 0 Å². The van der Waals surface area contributed by atoms with Gasteiger partial charge in [-0.05, 0) is 25.2 Å². The number of aromatic nitrogens is 1. The third-order valence-corrected chi connectivity index (χ3v) is 6.16. The fourth-order valence-electron chi connectivity index (χ4n) is 2.35. The second-order valence-electron chi connectivity index (χ2n) is 5.98. The smallest absolute Gasteiger partial charge is 0.327 e. The number of carbonyl (C=O) groups excluding carboxylic acids is 1. The fraction of sp³-hybridized carbons (Fsp3) is 0.111. The number of carbonyl (C=O) groups is 1.